The van der Waals surface area contributed by atoms with Crippen molar-refractivity contribution in [1.82, 2.24) is 15.2 Å². The number of carbonyl (C=O) groups excluding carboxylic acids is 4. The van der Waals surface area contributed by atoms with Crippen molar-refractivity contribution < 1.29 is 28.7 Å². The van der Waals surface area contributed by atoms with Crippen LogP contribution in [0.1, 0.15) is 49.4 Å². The molecule has 1 saturated heterocycles. The summed E-state index contributed by atoms with van der Waals surface area (Å²) in [6.07, 6.45) is 4.54. The molecule has 1 aromatic heterocycles. The summed E-state index contributed by atoms with van der Waals surface area (Å²) >= 11 is 0. The van der Waals surface area contributed by atoms with Gasteiger partial charge < -0.3 is 30.0 Å². The Morgan fingerprint density at radius 3 is 2.45 bits per heavy atom. The fraction of sp³-hybridized carbons (Fsp3) is 0.351. The fourth-order valence-electron chi connectivity index (χ4n) is 6.49. The first-order valence-electron chi connectivity index (χ1n) is 15.8. The number of hydrogen-bond acceptors (Lipinski definition) is 8. The molecule has 0 radical (unpaired) electrons. The van der Waals surface area contributed by atoms with Crippen LogP contribution in [0, 0.1) is 12.8 Å². The molecular formula is C37H44N4O6. The molecule has 3 N–H and O–H groups in total. The number of rotatable bonds is 10. The van der Waals surface area contributed by atoms with E-state index in [0.717, 1.165) is 29.8 Å². The van der Waals surface area contributed by atoms with Gasteiger partial charge in [-0.1, -0.05) is 49.6 Å². The molecule has 4 bridgehead atoms. The maximum atomic E-state index is 13.9. The van der Waals surface area contributed by atoms with E-state index in [1.54, 1.807) is 0 Å². The lowest BCUT2D eigenvalue weighted by Gasteiger charge is -2.34. The molecule has 3 aromatic rings. The van der Waals surface area contributed by atoms with Crippen molar-refractivity contribution in [3.8, 4) is 0 Å². The SMILES string of the molecule is C=CC(=O)OCCCCCNC(=O)C1CC2Nc3ccccc3C(=C)/C(C=O)=C(/C=O)c3c(C)n(c4ccccc34)C1(C)O2.CNC. The topological polar surface area (TPSA) is 128 Å². The van der Waals surface area contributed by atoms with Crippen LogP contribution in [0.2, 0.25) is 0 Å². The number of ether oxygens (including phenoxy) is 2. The van der Waals surface area contributed by atoms with Gasteiger partial charge >= 0.3 is 5.97 Å². The van der Waals surface area contributed by atoms with Crippen molar-refractivity contribution in [1.29, 1.82) is 0 Å². The number of allylic oxidation sites excluding steroid dienone is 3. The highest BCUT2D eigenvalue weighted by Crippen LogP contribution is 2.47. The average Bonchev–Trinajstić information content (AvgIpc) is 3.56. The summed E-state index contributed by atoms with van der Waals surface area (Å²) in [6.45, 7) is 12.2. The molecule has 47 heavy (non-hydrogen) atoms. The summed E-state index contributed by atoms with van der Waals surface area (Å²) in [5.41, 5.74) is 3.13. The van der Waals surface area contributed by atoms with Crippen molar-refractivity contribution >= 4 is 52.2 Å². The van der Waals surface area contributed by atoms with Crippen molar-refractivity contribution in [3.05, 3.63) is 90.2 Å². The normalized spacial score (nSPS) is 21.6. The van der Waals surface area contributed by atoms with Crippen LogP contribution in [0.25, 0.3) is 22.0 Å². The lowest BCUT2D eigenvalue weighted by atomic mass is 9.91. The number of benzene rings is 2. The maximum Gasteiger partial charge on any atom is 0.330 e. The second kappa shape index (κ2) is 15.7. The molecule has 0 spiro atoms. The summed E-state index contributed by atoms with van der Waals surface area (Å²) in [7, 11) is 3.75. The van der Waals surface area contributed by atoms with Crippen LogP contribution in [0.3, 0.4) is 0 Å². The van der Waals surface area contributed by atoms with Gasteiger partial charge in [0.15, 0.2) is 18.3 Å². The van der Waals surface area contributed by atoms with Crippen LogP contribution in [0.5, 0.6) is 0 Å². The Bertz CT molecular complexity index is 1710. The van der Waals surface area contributed by atoms with Gasteiger partial charge in [0.05, 0.1) is 18.0 Å². The minimum Gasteiger partial charge on any atom is -0.463 e. The van der Waals surface area contributed by atoms with E-state index in [0.29, 0.717) is 66.6 Å². The van der Waals surface area contributed by atoms with Crippen LogP contribution in [-0.4, -0.2) is 62.5 Å². The number of unbranched alkanes of at least 4 members (excludes halogenated alkanes) is 2. The third kappa shape index (κ3) is 7.13. The summed E-state index contributed by atoms with van der Waals surface area (Å²) in [5.74, 6) is -1.19. The zero-order valence-electron chi connectivity index (χ0n) is 27.6. The molecule has 1 fully saturated rings. The largest absolute Gasteiger partial charge is 0.463 e. The number of anilines is 1. The third-order valence-electron chi connectivity index (χ3n) is 8.57. The maximum absolute atomic E-state index is 13.9. The minimum absolute atomic E-state index is 0.152. The molecule has 10 heteroatoms. The fourth-order valence-corrected chi connectivity index (χ4v) is 6.49. The first-order chi connectivity index (χ1) is 22.7. The van der Waals surface area contributed by atoms with Gasteiger partial charge in [0, 0.05) is 58.1 Å². The molecule has 5 rings (SSSR count). The Hall–Kier alpha value is -4.80. The summed E-state index contributed by atoms with van der Waals surface area (Å²) in [5, 5.41) is 10.1. The van der Waals surface area contributed by atoms with Gasteiger partial charge in [-0.05, 0) is 64.9 Å². The molecule has 10 nitrogen and oxygen atoms in total. The Labute approximate surface area is 275 Å². The molecule has 0 aliphatic carbocycles. The number of nitrogens with zero attached hydrogens (tertiary/aromatic N) is 1. The average molecular weight is 641 g/mol. The zero-order valence-corrected chi connectivity index (χ0v) is 27.6. The lowest BCUT2D eigenvalue weighted by molar-refractivity contribution is -0.140. The third-order valence-corrected chi connectivity index (χ3v) is 8.57. The number of esters is 1. The first-order valence-corrected chi connectivity index (χ1v) is 15.8. The van der Waals surface area contributed by atoms with E-state index in [2.05, 4.69) is 29.1 Å². The van der Waals surface area contributed by atoms with Crippen LogP contribution < -0.4 is 16.0 Å². The molecule has 2 aromatic carbocycles. The van der Waals surface area contributed by atoms with Crippen LogP contribution in [0.15, 0.2) is 73.3 Å². The second-order valence-electron chi connectivity index (χ2n) is 11.7. The van der Waals surface area contributed by atoms with Gasteiger partial charge in [-0.15, -0.1) is 0 Å². The number of aldehydes is 2. The van der Waals surface area contributed by atoms with E-state index < -0.39 is 23.8 Å². The van der Waals surface area contributed by atoms with Crippen molar-refractivity contribution in [2.45, 2.75) is 51.5 Å². The van der Waals surface area contributed by atoms with Gasteiger partial charge in [-0.2, -0.15) is 0 Å². The van der Waals surface area contributed by atoms with E-state index in [9.17, 15) is 19.2 Å². The predicted molar refractivity (Wildman–Crippen MR) is 184 cm³/mol. The highest BCUT2D eigenvalue weighted by atomic mass is 16.5. The van der Waals surface area contributed by atoms with Gasteiger partial charge in [-0.25, -0.2) is 4.79 Å². The lowest BCUT2D eigenvalue weighted by Crippen LogP contribution is -2.45. The van der Waals surface area contributed by atoms with Gasteiger partial charge in [-0.3, -0.25) is 14.4 Å². The standard InChI is InChI=1S/C35H37N3O6.C2H7N/c1-5-32(41)43-18-12-6-11-17-36-34(42)28-19-31-37-29-15-9-7-13-24(29)22(2)26(20-39)27(21-40)33-23(3)38(35(28,4)44-31)30-16-10-8-14-25(30)33;1-3-2/h5,7-10,13-16,20-21,28,31,37H,1-2,6,11-12,17-19H2,3-4H3,(H,36,42);3H,1-2H3/b27-26-;. The van der Waals surface area contributed by atoms with Crippen LogP contribution in [0.4, 0.5) is 5.69 Å². The van der Waals surface area contributed by atoms with Gasteiger partial charge in [0.2, 0.25) is 5.91 Å². The Balaban J connectivity index is 0.00000160. The number of aromatic nitrogens is 1. The first kappa shape index (κ1) is 35.1. The minimum atomic E-state index is -1.14. The quantitative estimate of drug-likeness (QED) is 0.121. The number of nitrogens with one attached hydrogen (secondary N) is 3. The summed E-state index contributed by atoms with van der Waals surface area (Å²) in [6, 6.07) is 15.0. The number of carbonyl (C=O) groups is 4. The summed E-state index contributed by atoms with van der Waals surface area (Å²) < 4.78 is 13.8. The van der Waals surface area contributed by atoms with Gasteiger partial charge in [0.25, 0.3) is 0 Å². The molecule has 1 amide bonds. The van der Waals surface area contributed by atoms with E-state index in [1.807, 2.05) is 81.0 Å². The molecule has 3 heterocycles. The van der Waals surface area contributed by atoms with E-state index in [-0.39, 0.29) is 17.1 Å². The van der Waals surface area contributed by atoms with Crippen molar-refractivity contribution in [3.63, 3.8) is 0 Å². The molecule has 2 aliphatic heterocycles. The van der Waals surface area contributed by atoms with E-state index in [4.69, 9.17) is 9.47 Å². The Morgan fingerprint density at radius 1 is 1.06 bits per heavy atom. The van der Waals surface area contributed by atoms with Crippen LogP contribution >= 0.6 is 0 Å². The van der Waals surface area contributed by atoms with E-state index >= 15 is 0 Å². The molecular weight excluding hydrogens is 596 g/mol. The number of fused-ring (bicyclic) bond motifs is 9. The van der Waals surface area contributed by atoms with Crippen LogP contribution in [-0.2, 0) is 34.4 Å². The number of amides is 1. The molecule has 248 valence electrons. The molecule has 3 unspecified atom stereocenters. The van der Waals surface area contributed by atoms with E-state index in [1.165, 1.54) is 0 Å². The highest BCUT2D eigenvalue weighted by Gasteiger charge is 2.52. The second-order valence-corrected chi connectivity index (χ2v) is 11.7. The van der Waals surface area contributed by atoms with Crippen molar-refractivity contribution in [2.75, 3.05) is 32.6 Å². The predicted octanol–water partition coefficient (Wildman–Crippen LogP) is 5.13. The zero-order chi connectivity index (χ0) is 34.1. The van der Waals surface area contributed by atoms with Crippen molar-refractivity contribution in [2.24, 2.45) is 5.92 Å². The Kier molecular flexibility index (Phi) is 11.7. The van der Waals surface area contributed by atoms with Gasteiger partial charge in [0.1, 0.15) is 6.23 Å². The molecule has 0 saturated carbocycles. The summed E-state index contributed by atoms with van der Waals surface area (Å²) in [4.78, 5) is 50.5. The number of hydrogen-bond donors (Lipinski definition) is 3. The molecule has 3 atom stereocenters. The number of para-hydroxylation sites is 2. The monoisotopic (exact) mass is 640 g/mol. The molecule has 2 aliphatic rings. The smallest absolute Gasteiger partial charge is 0.330 e. The highest BCUT2D eigenvalue weighted by molar-refractivity contribution is 6.24. The Morgan fingerprint density at radius 2 is 1.74 bits per heavy atom.